The van der Waals surface area contributed by atoms with Gasteiger partial charge in [-0.3, -0.25) is 0 Å². The highest BCUT2D eigenvalue weighted by molar-refractivity contribution is 6.52. The highest BCUT2D eigenvalue weighted by Gasteiger charge is 2.25. The Bertz CT molecular complexity index is 238. The van der Waals surface area contributed by atoms with Gasteiger partial charge >= 0.3 is 5.97 Å². The molecule has 1 aliphatic heterocycles. The number of carbonyl (C=O) groups excluding carboxylic acids is 1. The number of hydrogen-bond acceptors (Lipinski definition) is 3. The van der Waals surface area contributed by atoms with E-state index < -0.39 is 9.04 Å². The van der Waals surface area contributed by atoms with Gasteiger partial charge in [0.2, 0.25) is 0 Å². The summed E-state index contributed by atoms with van der Waals surface area (Å²) < 4.78 is 11.0. The van der Waals surface area contributed by atoms with E-state index in [9.17, 15) is 4.79 Å². The molecule has 2 unspecified atom stereocenters. The molecule has 2 atom stereocenters. The molecular weight excluding hydrogens is 208 g/mol. The Balaban J connectivity index is 2.36. The molecular formula is C11H20O3Si. The molecule has 4 heteroatoms. The average molecular weight is 228 g/mol. The third kappa shape index (κ3) is 4.18. The summed E-state index contributed by atoms with van der Waals surface area (Å²) in [7, 11) is -1.08. The van der Waals surface area contributed by atoms with Crippen LogP contribution in [0, 0.1) is 0 Å². The van der Waals surface area contributed by atoms with Crippen molar-refractivity contribution in [2.45, 2.75) is 51.5 Å². The minimum Gasteiger partial charge on any atom is -0.433 e. The van der Waals surface area contributed by atoms with Gasteiger partial charge in [0, 0.05) is 12.0 Å². The second-order valence-electron chi connectivity index (χ2n) is 4.09. The van der Waals surface area contributed by atoms with Crippen molar-refractivity contribution < 1.29 is 14.0 Å². The number of esters is 1. The molecule has 0 N–H and O–H groups in total. The van der Waals surface area contributed by atoms with E-state index in [-0.39, 0.29) is 12.3 Å². The van der Waals surface area contributed by atoms with E-state index in [4.69, 9.17) is 9.16 Å². The molecule has 0 aliphatic carbocycles. The first-order chi connectivity index (χ1) is 7.13. The monoisotopic (exact) mass is 228 g/mol. The highest BCUT2D eigenvalue weighted by Crippen LogP contribution is 2.22. The minimum atomic E-state index is -1.08. The number of carbonyl (C=O) groups is 1. The van der Waals surface area contributed by atoms with Crippen LogP contribution in [0.4, 0.5) is 0 Å². The standard InChI is InChI=1S/C11H20O3Si/c1-4-7-15-8-5-6-10(14-15)13-11(12)9(2)3/h10,15H,2,4-8H2,1,3H3. The average Bonchev–Trinajstić information content (AvgIpc) is 2.18. The highest BCUT2D eigenvalue weighted by atomic mass is 28.3. The molecule has 0 radical (unpaired) electrons. The Kier molecular flexibility index (Phi) is 5.05. The molecule has 0 amide bonds. The summed E-state index contributed by atoms with van der Waals surface area (Å²) in [5, 5.41) is 0. The molecule has 1 aliphatic rings. The van der Waals surface area contributed by atoms with Crippen LogP contribution in [0.15, 0.2) is 12.2 Å². The van der Waals surface area contributed by atoms with Crippen LogP contribution in [0.5, 0.6) is 0 Å². The molecule has 0 aromatic heterocycles. The summed E-state index contributed by atoms with van der Waals surface area (Å²) in [5.74, 6) is -0.328. The number of hydrogen-bond donors (Lipinski definition) is 0. The fourth-order valence-corrected chi connectivity index (χ4v) is 4.22. The molecule has 1 heterocycles. The molecule has 3 nitrogen and oxygen atoms in total. The summed E-state index contributed by atoms with van der Waals surface area (Å²) in [5.41, 5.74) is 0.442. The normalized spacial score (nSPS) is 26.0. The van der Waals surface area contributed by atoms with Crippen molar-refractivity contribution in [3.05, 3.63) is 12.2 Å². The van der Waals surface area contributed by atoms with E-state index in [1.54, 1.807) is 6.92 Å². The van der Waals surface area contributed by atoms with Crippen LogP contribution >= 0.6 is 0 Å². The SMILES string of the molecule is C=C(C)C(=O)OC1CCC[SiH](CCC)O1. The fourth-order valence-electron chi connectivity index (χ4n) is 1.70. The zero-order valence-corrected chi connectivity index (χ0v) is 10.8. The van der Waals surface area contributed by atoms with Gasteiger partial charge in [-0.2, -0.15) is 0 Å². The Morgan fingerprint density at radius 2 is 2.40 bits per heavy atom. The first kappa shape index (κ1) is 12.5. The first-order valence-corrected chi connectivity index (χ1v) is 7.76. The van der Waals surface area contributed by atoms with Gasteiger partial charge in [-0.25, -0.2) is 4.79 Å². The van der Waals surface area contributed by atoms with Crippen molar-refractivity contribution in [1.82, 2.24) is 0 Å². The van der Waals surface area contributed by atoms with E-state index >= 15 is 0 Å². The Morgan fingerprint density at radius 3 is 3.00 bits per heavy atom. The van der Waals surface area contributed by atoms with E-state index in [1.807, 2.05) is 0 Å². The van der Waals surface area contributed by atoms with Gasteiger partial charge in [0.05, 0.1) is 0 Å². The van der Waals surface area contributed by atoms with Crippen LogP contribution in [0.1, 0.15) is 33.1 Å². The van der Waals surface area contributed by atoms with Crippen LogP contribution in [0.3, 0.4) is 0 Å². The molecule has 0 aromatic rings. The summed E-state index contributed by atoms with van der Waals surface area (Å²) in [4.78, 5) is 11.3. The van der Waals surface area contributed by atoms with Gasteiger partial charge in [-0.1, -0.05) is 19.9 Å². The molecule has 1 rings (SSSR count). The second kappa shape index (κ2) is 6.08. The molecule has 0 bridgehead atoms. The maximum absolute atomic E-state index is 11.3. The lowest BCUT2D eigenvalue weighted by Crippen LogP contribution is -2.33. The molecule has 1 saturated heterocycles. The lowest BCUT2D eigenvalue weighted by molar-refractivity contribution is -0.161. The predicted octanol–water partition coefficient (Wildman–Crippen LogP) is 2.38. The van der Waals surface area contributed by atoms with Crippen molar-refractivity contribution >= 4 is 15.0 Å². The van der Waals surface area contributed by atoms with Gasteiger partial charge in [0.15, 0.2) is 15.3 Å². The number of ether oxygens (including phenoxy) is 1. The van der Waals surface area contributed by atoms with Gasteiger partial charge in [-0.15, -0.1) is 0 Å². The van der Waals surface area contributed by atoms with Crippen LogP contribution in [-0.2, 0) is 14.0 Å². The van der Waals surface area contributed by atoms with Crippen LogP contribution in [0.2, 0.25) is 12.1 Å². The third-order valence-corrected chi connectivity index (χ3v) is 5.47. The van der Waals surface area contributed by atoms with Gasteiger partial charge < -0.3 is 9.16 Å². The molecule has 1 fully saturated rings. The van der Waals surface area contributed by atoms with Crippen LogP contribution in [-0.4, -0.2) is 21.3 Å². The minimum absolute atomic E-state index is 0.300. The largest absolute Gasteiger partial charge is 0.433 e. The van der Waals surface area contributed by atoms with E-state index in [2.05, 4.69) is 13.5 Å². The summed E-state index contributed by atoms with van der Waals surface area (Å²) in [6.45, 7) is 7.38. The van der Waals surface area contributed by atoms with Gasteiger partial charge in [-0.05, 0) is 25.4 Å². The quantitative estimate of drug-likeness (QED) is 0.421. The Labute approximate surface area is 93.2 Å². The van der Waals surface area contributed by atoms with Crippen molar-refractivity contribution in [3.63, 3.8) is 0 Å². The molecule has 0 aromatic carbocycles. The predicted molar refractivity (Wildman–Crippen MR) is 62.1 cm³/mol. The third-order valence-electron chi connectivity index (χ3n) is 2.51. The molecule has 0 spiro atoms. The molecule has 0 saturated carbocycles. The summed E-state index contributed by atoms with van der Waals surface area (Å²) >= 11 is 0. The van der Waals surface area contributed by atoms with E-state index in [0.717, 1.165) is 19.3 Å². The lowest BCUT2D eigenvalue weighted by atomic mass is 10.3. The first-order valence-electron chi connectivity index (χ1n) is 5.65. The van der Waals surface area contributed by atoms with Crippen molar-refractivity contribution in [3.8, 4) is 0 Å². The Morgan fingerprint density at radius 1 is 1.67 bits per heavy atom. The fraction of sp³-hybridized carbons (Fsp3) is 0.727. The van der Waals surface area contributed by atoms with Crippen molar-refractivity contribution in [2.24, 2.45) is 0 Å². The maximum atomic E-state index is 11.3. The van der Waals surface area contributed by atoms with E-state index in [0.29, 0.717) is 5.57 Å². The molecule has 86 valence electrons. The van der Waals surface area contributed by atoms with E-state index in [1.165, 1.54) is 12.1 Å². The van der Waals surface area contributed by atoms with Crippen molar-refractivity contribution in [1.29, 1.82) is 0 Å². The topological polar surface area (TPSA) is 35.5 Å². The maximum Gasteiger partial charge on any atom is 0.335 e. The second-order valence-corrected chi connectivity index (χ2v) is 6.76. The molecule has 15 heavy (non-hydrogen) atoms. The van der Waals surface area contributed by atoms with Crippen LogP contribution < -0.4 is 0 Å². The summed E-state index contributed by atoms with van der Waals surface area (Å²) in [6, 6.07) is 2.40. The zero-order chi connectivity index (χ0) is 11.3. The van der Waals surface area contributed by atoms with Gasteiger partial charge in [0.1, 0.15) is 0 Å². The van der Waals surface area contributed by atoms with Gasteiger partial charge in [0.25, 0.3) is 0 Å². The Hall–Kier alpha value is -0.613. The van der Waals surface area contributed by atoms with Crippen molar-refractivity contribution in [2.75, 3.05) is 0 Å². The van der Waals surface area contributed by atoms with Crippen LogP contribution in [0.25, 0.3) is 0 Å². The smallest absolute Gasteiger partial charge is 0.335 e. The lowest BCUT2D eigenvalue weighted by Gasteiger charge is -2.28. The zero-order valence-electron chi connectivity index (χ0n) is 9.62. The summed E-state index contributed by atoms with van der Waals surface area (Å²) in [6.07, 6.45) is 2.83. The number of rotatable bonds is 4.